The number of nitrogens with zero attached hydrogens (tertiary/aromatic N) is 5. The summed E-state index contributed by atoms with van der Waals surface area (Å²) in [6, 6.07) is 19.7. The van der Waals surface area contributed by atoms with E-state index in [0.717, 1.165) is 34.0 Å². The van der Waals surface area contributed by atoms with E-state index in [1.54, 1.807) is 30.6 Å². The van der Waals surface area contributed by atoms with Crippen LogP contribution in [0.15, 0.2) is 85.2 Å². The second kappa shape index (κ2) is 13.0. The van der Waals surface area contributed by atoms with E-state index in [1.165, 1.54) is 24.8 Å². The van der Waals surface area contributed by atoms with Crippen LogP contribution in [0.4, 0.5) is 15.8 Å². The van der Waals surface area contributed by atoms with Crippen molar-refractivity contribution in [1.29, 1.82) is 0 Å². The quantitative estimate of drug-likeness (QED) is 0.219. The van der Waals surface area contributed by atoms with Crippen LogP contribution < -0.4 is 11.1 Å². The van der Waals surface area contributed by atoms with Crippen LogP contribution in [-0.2, 0) is 14.3 Å². The first-order chi connectivity index (χ1) is 23.3. The number of aromatic amines is 1. The molecule has 2 amide bonds. The molecular formula is C36H35FN8O3. The van der Waals surface area contributed by atoms with Gasteiger partial charge in [-0.1, -0.05) is 30.3 Å². The summed E-state index contributed by atoms with van der Waals surface area (Å²) in [7, 11) is 1.53. The van der Waals surface area contributed by atoms with Crippen LogP contribution in [0.1, 0.15) is 18.4 Å². The Balaban J connectivity index is 0.956. The summed E-state index contributed by atoms with van der Waals surface area (Å²) in [4.78, 5) is 39.3. The number of aromatic nitrogens is 4. The van der Waals surface area contributed by atoms with Crippen LogP contribution in [0.3, 0.4) is 0 Å². The third kappa shape index (κ3) is 6.27. The molecule has 3 aromatic carbocycles. The normalized spacial score (nSPS) is 18.2. The molecule has 4 heterocycles. The molecule has 0 saturated carbocycles. The molecule has 48 heavy (non-hydrogen) atoms. The molecule has 4 N–H and O–H groups in total. The molecule has 7 rings (SSSR count). The molecule has 12 heteroatoms. The highest BCUT2D eigenvalue weighted by molar-refractivity contribution is 6.01. The zero-order chi connectivity index (χ0) is 33.3. The van der Waals surface area contributed by atoms with Crippen LogP contribution in [0.2, 0.25) is 0 Å². The molecule has 0 radical (unpaired) electrons. The SMILES string of the molecule is CO[C@@]1(C(=O)Nc2ccc3[nH]nc(-c4ccc(F)cc4)c3c2)CCN(CC(=O)N2CC=C(c3ccc(-c4ncc(N)cn4)cc3)CC2)C1. The van der Waals surface area contributed by atoms with E-state index in [-0.39, 0.29) is 24.2 Å². The number of nitrogen functional groups attached to an aromatic ring is 1. The third-order valence-corrected chi connectivity index (χ3v) is 9.16. The Morgan fingerprint density at radius 1 is 1.00 bits per heavy atom. The van der Waals surface area contributed by atoms with Gasteiger partial charge in [-0.2, -0.15) is 5.10 Å². The predicted octanol–water partition coefficient (Wildman–Crippen LogP) is 4.75. The lowest BCUT2D eigenvalue weighted by Gasteiger charge is -2.30. The Morgan fingerprint density at radius 3 is 2.44 bits per heavy atom. The molecule has 0 unspecified atom stereocenters. The van der Waals surface area contributed by atoms with Crippen molar-refractivity contribution in [3.63, 3.8) is 0 Å². The number of anilines is 2. The van der Waals surface area contributed by atoms with Gasteiger partial charge in [0, 0.05) is 55.5 Å². The highest BCUT2D eigenvalue weighted by Crippen LogP contribution is 2.31. The van der Waals surface area contributed by atoms with Crippen LogP contribution in [0.25, 0.3) is 39.1 Å². The highest BCUT2D eigenvalue weighted by Gasteiger charge is 2.45. The van der Waals surface area contributed by atoms with E-state index >= 15 is 0 Å². The monoisotopic (exact) mass is 646 g/mol. The lowest BCUT2D eigenvalue weighted by atomic mass is 9.98. The third-order valence-electron chi connectivity index (χ3n) is 9.16. The molecule has 0 bridgehead atoms. The van der Waals surface area contributed by atoms with Crippen molar-refractivity contribution in [3.05, 3.63) is 96.6 Å². The number of benzene rings is 3. The Kier molecular flexibility index (Phi) is 8.42. The van der Waals surface area contributed by atoms with Crippen LogP contribution in [-0.4, -0.2) is 87.2 Å². The van der Waals surface area contributed by atoms with Gasteiger partial charge in [-0.15, -0.1) is 0 Å². The standard InChI is InChI=1S/C36H35FN8O3/c1-48-36(35(47)41-29-10-11-31-30(18-29)33(43-42-31)25-6-8-27(37)9-7-25)14-17-44(22-36)21-32(46)45-15-12-24(13-16-45)23-2-4-26(5-3-23)34-39-19-28(38)20-40-34/h2-12,18-20H,13-17,21-22,38H2,1H3,(H,41,47)(H,42,43)/t36-/m0/s1. The number of methoxy groups -OCH3 is 1. The van der Waals surface area contributed by atoms with Crippen molar-refractivity contribution in [3.8, 4) is 22.6 Å². The number of H-pyrrole nitrogens is 1. The first-order valence-electron chi connectivity index (χ1n) is 15.8. The number of amides is 2. The number of ether oxygens (including phenoxy) is 1. The van der Waals surface area contributed by atoms with Crippen LogP contribution in [0, 0.1) is 5.82 Å². The van der Waals surface area contributed by atoms with Crippen molar-refractivity contribution in [2.45, 2.75) is 18.4 Å². The van der Waals surface area contributed by atoms with Crippen molar-refractivity contribution < 1.29 is 18.7 Å². The van der Waals surface area contributed by atoms with Gasteiger partial charge >= 0.3 is 0 Å². The summed E-state index contributed by atoms with van der Waals surface area (Å²) < 4.78 is 19.3. The lowest BCUT2D eigenvalue weighted by Crippen LogP contribution is -2.48. The van der Waals surface area contributed by atoms with Gasteiger partial charge in [-0.3, -0.25) is 19.6 Å². The minimum Gasteiger partial charge on any atom is -0.396 e. The fourth-order valence-electron chi connectivity index (χ4n) is 6.37. The maximum absolute atomic E-state index is 13.6. The van der Waals surface area contributed by atoms with Gasteiger partial charge in [0.2, 0.25) is 5.91 Å². The minimum atomic E-state index is -1.09. The van der Waals surface area contributed by atoms with E-state index in [0.29, 0.717) is 55.5 Å². The van der Waals surface area contributed by atoms with Crippen molar-refractivity contribution in [2.75, 3.05) is 50.9 Å². The number of nitrogens with one attached hydrogen (secondary N) is 2. The number of carbonyl (C=O) groups is 2. The molecule has 0 spiro atoms. The zero-order valence-corrected chi connectivity index (χ0v) is 26.4. The molecule has 2 aromatic heterocycles. The fourth-order valence-corrected chi connectivity index (χ4v) is 6.37. The molecule has 2 aliphatic heterocycles. The first-order valence-corrected chi connectivity index (χ1v) is 15.8. The Bertz CT molecular complexity index is 1990. The van der Waals surface area contributed by atoms with Gasteiger partial charge in [0.15, 0.2) is 11.4 Å². The molecule has 0 aliphatic carbocycles. The molecule has 2 aliphatic rings. The summed E-state index contributed by atoms with van der Waals surface area (Å²) in [5.74, 6) is 0.0446. The molecule has 1 fully saturated rings. The van der Waals surface area contributed by atoms with E-state index < -0.39 is 5.60 Å². The number of nitrogens with two attached hydrogens (primary N) is 1. The van der Waals surface area contributed by atoms with Gasteiger partial charge < -0.3 is 20.7 Å². The fraction of sp³-hybridized carbons (Fsp3) is 0.250. The summed E-state index contributed by atoms with van der Waals surface area (Å²) >= 11 is 0. The van der Waals surface area contributed by atoms with Crippen molar-refractivity contribution in [1.82, 2.24) is 30.0 Å². The smallest absolute Gasteiger partial charge is 0.258 e. The Labute approximate surface area is 276 Å². The van der Waals surface area contributed by atoms with Crippen molar-refractivity contribution in [2.24, 2.45) is 0 Å². The number of likely N-dealkylation sites (tertiary alicyclic amines) is 1. The number of halogens is 1. The summed E-state index contributed by atoms with van der Waals surface area (Å²) in [6.07, 6.45) is 6.49. The number of fused-ring (bicyclic) bond motifs is 1. The number of hydrogen-bond acceptors (Lipinski definition) is 8. The first kappa shape index (κ1) is 31.2. The van der Waals surface area contributed by atoms with Gasteiger partial charge in [0.1, 0.15) is 5.82 Å². The largest absolute Gasteiger partial charge is 0.396 e. The average Bonchev–Trinajstić information content (AvgIpc) is 3.74. The molecular weight excluding hydrogens is 611 g/mol. The molecule has 1 atom stereocenters. The van der Waals surface area contributed by atoms with E-state index in [2.05, 4.69) is 43.7 Å². The van der Waals surface area contributed by atoms with E-state index in [4.69, 9.17) is 10.5 Å². The second-order valence-electron chi connectivity index (χ2n) is 12.2. The van der Waals surface area contributed by atoms with Crippen molar-refractivity contribution >= 4 is 39.7 Å². The number of rotatable bonds is 8. The summed E-state index contributed by atoms with van der Waals surface area (Å²) in [6.45, 7) is 2.21. The Morgan fingerprint density at radius 2 is 1.73 bits per heavy atom. The van der Waals surface area contributed by atoms with E-state index in [1.807, 2.05) is 34.1 Å². The number of hydrogen-bond donors (Lipinski definition) is 3. The predicted molar refractivity (Wildman–Crippen MR) is 182 cm³/mol. The minimum absolute atomic E-state index is 0.0205. The topological polar surface area (TPSA) is 142 Å². The molecule has 5 aromatic rings. The summed E-state index contributed by atoms with van der Waals surface area (Å²) in [5, 5.41) is 11.2. The average molecular weight is 647 g/mol. The highest BCUT2D eigenvalue weighted by atomic mass is 19.1. The van der Waals surface area contributed by atoms with Gasteiger partial charge in [0.25, 0.3) is 5.91 Å². The molecule has 11 nitrogen and oxygen atoms in total. The van der Waals surface area contributed by atoms with Gasteiger partial charge in [-0.05, 0) is 66.4 Å². The number of carbonyl (C=O) groups excluding carboxylic acids is 2. The lowest BCUT2D eigenvalue weighted by molar-refractivity contribution is -0.138. The maximum atomic E-state index is 13.6. The molecule has 1 saturated heterocycles. The van der Waals surface area contributed by atoms with Gasteiger partial charge in [-0.25, -0.2) is 14.4 Å². The molecule has 244 valence electrons. The van der Waals surface area contributed by atoms with Gasteiger partial charge in [0.05, 0.1) is 35.8 Å². The van der Waals surface area contributed by atoms with Crippen LogP contribution >= 0.6 is 0 Å². The second-order valence-corrected chi connectivity index (χ2v) is 12.2. The Hall–Kier alpha value is -5.46. The summed E-state index contributed by atoms with van der Waals surface area (Å²) in [5.41, 5.74) is 11.1. The maximum Gasteiger partial charge on any atom is 0.258 e. The zero-order valence-electron chi connectivity index (χ0n) is 26.4. The van der Waals surface area contributed by atoms with Crippen LogP contribution in [0.5, 0.6) is 0 Å². The van der Waals surface area contributed by atoms with E-state index in [9.17, 15) is 14.0 Å².